The Morgan fingerprint density at radius 1 is 1.47 bits per heavy atom. The first-order chi connectivity index (χ1) is 7.20. The summed E-state index contributed by atoms with van der Waals surface area (Å²) in [7, 11) is 0. The molecule has 0 aliphatic rings. The first kappa shape index (κ1) is 10.0. The molecule has 2 rings (SSSR count). The number of allylic oxidation sites excluding steroid dienone is 1. The fraction of sp³-hybridized carbons (Fsp3) is 0.0833. The molecule has 0 aliphatic carbocycles. The van der Waals surface area contributed by atoms with E-state index in [1.54, 1.807) is 0 Å². The molecule has 0 unspecified atom stereocenters. The molecule has 0 aliphatic heterocycles. The van der Waals surface area contributed by atoms with Crippen LogP contribution in [0, 0.1) is 11.3 Å². The van der Waals surface area contributed by atoms with E-state index in [-0.39, 0.29) is 0 Å². The van der Waals surface area contributed by atoms with Crippen molar-refractivity contribution in [1.82, 2.24) is 4.57 Å². The van der Waals surface area contributed by atoms with E-state index >= 15 is 0 Å². The zero-order valence-electron chi connectivity index (χ0n) is 8.07. The lowest BCUT2D eigenvalue weighted by atomic mass is 10.2. The molecule has 1 heterocycles. The second-order valence-electron chi connectivity index (χ2n) is 3.35. The Morgan fingerprint density at radius 3 is 2.93 bits per heavy atom. The molecule has 1 aromatic heterocycles. The topological polar surface area (TPSA) is 28.7 Å². The fourth-order valence-electron chi connectivity index (χ4n) is 1.58. The lowest BCUT2D eigenvalue weighted by Crippen LogP contribution is -1.94. The van der Waals surface area contributed by atoms with E-state index < -0.39 is 0 Å². The van der Waals surface area contributed by atoms with Gasteiger partial charge in [0.05, 0.1) is 18.2 Å². The van der Waals surface area contributed by atoms with Gasteiger partial charge in [-0.2, -0.15) is 5.26 Å². The summed E-state index contributed by atoms with van der Waals surface area (Å²) in [6.45, 7) is 4.53. The first-order valence-electron chi connectivity index (χ1n) is 4.53. The number of fused-ring (bicyclic) bond motifs is 1. The van der Waals surface area contributed by atoms with Gasteiger partial charge in [0.25, 0.3) is 0 Å². The van der Waals surface area contributed by atoms with Crippen molar-refractivity contribution >= 4 is 26.8 Å². The lowest BCUT2D eigenvalue weighted by Gasteiger charge is -2.03. The van der Waals surface area contributed by atoms with Crippen LogP contribution in [0.3, 0.4) is 0 Å². The summed E-state index contributed by atoms with van der Waals surface area (Å²) < 4.78 is 2.98. The zero-order chi connectivity index (χ0) is 10.8. The molecule has 0 saturated heterocycles. The Bertz CT molecular complexity index is 560. The van der Waals surface area contributed by atoms with Crippen LogP contribution in [0.5, 0.6) is 0 Å². The molecule has 1 aromatic carbocycles. The first-order valence-corrected chi connectivity index (χ1v) is 5.32. The Labute approximate surface area is 96.6 Å². The normalized spacial score (nSPS) is 10.1. The lowest BCUT2D eigenvalue weighted by molar-refractivity contribution is 0.858. The molecule has 0 radical (unpaired) electrons. The third kappa shape index (κ3) is 1.95. The maximum atomic E-state index is 8.82. The third-order valence-electron chi connectivity index (χ3n) is 2.24. The number of nitrogens with zero attached hydrogens (tertiary/aromatic N) is 2. The Hall–Kier alpha value is -1.53. The smallest absolute Gasteiger partial charge is 0.0992 e. The van der Waals surface area contributed by atoms with Crippen molar-refractivity contribution in [3.8, 4) is 6.07 Å². The zero-order valence-corrected chi connectivity index (χ0v) is 9.66. The summed E-state index contributed by atoms with van der Waals surface area (Å²) in [5.74, 6) is 0. The van der Waals surface area contributed by atoms with Gasteiger partial charge >= 0.3 is 0 Å². The SMILES string of the molecule is C=C(Br)Cn1ccc2ccc(C#N)cc21. The average molecular weight is 261 g/mol. The second kappa shape index (κ2) is 3.92. The van der Waals surface area contributed by atoms with Crippen LogP contribution in [-0.2, 0) is 6.54 Å². The van der Waals surface area contributed by atoms with Crippen molar-refractivity contribution in [3.63, 3.8) is 0 Å². The Kier molecular flexibility index (Phi) is 2.61. The van der Waals surface area contributed by atoms with Gasteiger partial charge in [-0.1, -0.05) is 28.6 Å². The maximum Gasteiger partial charge on any atom is 0.0992 e. The molecular weight excluding hydrogens is 252 g/mol. The largest absolute Gasteiger partial charge is 0.343 e. The minimum absolute atomic E-state index is 0.683. The van der Waals surface area contributed by atoms with E-state index in [1.165, 1.54) is 0 Å². The number of aromatic nitrogens is 1. The summed E-state index contributed by atoms with van der Waals surface area (Å²) in [6, 6.07) is 9.86. The highest BCUT2D eigenvalue weighted by molar-refractivity contribution is 9.11. The van der Waals surface area contributed by atoms with Crippen LogP contribution in [0.15, 0.2) is 41.5 Å². The minimum atomic E-state index is 0.683. The maximum absolute atomic E-state index is 8.82. The quantitative estimate of drug-likeness (QED) is 0.814. The third-order valence-corrected chi connectivity index (χ3v) is 2.50. The predicted octanol–water partition coefficient (Wildman–Crippen LogP) is 3.42. The molecule has 0 saturated carbocycles. The van der Waals surface area contributed by atoms with E-state index in [2.05, 4.69) is 33.1 Å². The molecule has 74 valence electrons. The summed E-state index contributed by atoms with van der Waals surface area (Å²) >= 11 is 3.34. The number of hydrogen-bond donors (Lipinski definition) is 0. The summed E-state index contributed by atoms with van der Waals surface area (Å²) in [5, 5.41) is 9.96. The predicted molar refractivity (Wildman–Crippen MR) is 64.7 cm³/mol. The number of rotatable bonds is 2. The fourth-order valence-corrected chi connectivity index (χ4v) is 1.85. The number of benzene rings is 1. The van der Waals surface area contributed by atoms with Crippen molar-refractivity contribution in [2.24, 2.45) is 0 Å². The molecular formula is C12H9BrN2. The van der Waals surface area contributed by atoms with Crippen LogP contribution >= 0.6 is 15.9 Å². The summed E-state index contributed by atoms with van der Waals surface area (Å²) in [6.07, 6.45) is 2.00. The van der Waals surface area contributed by atoms with Gasteiger partial charge in [0, 0.05) is 16.2 Å². The number of halogens is 1. The molecule has 0 amide bonds. The van der Waals surface area contributed by atoms with Crippen molar-refractivity contribution in [2.45, 2.75) is 6.54 Å². The molecule has 2 aromatic rings. The van der Waals surface area contributed by atoms with E-state index in [1.807, 2.05) is 30.5 Å². The van der Waals surface area contributed by atoms with Gasteiger partial charge in [-0.3, -0.25) is 0 Å². The molecule has 0 spiro atoms. The average Bonchev–Trinajstić information content (AvgIpc) is 2.60. The highest BCUT2D eigenvalue weighted by atomic mass is 79.9. The van der Waals surface area contributed by atoms with Crippen LogP contribution in [0.25, 0.3) is 10.9 Å². The van der Waals surface area contributed by atoms with E-state index in [0.29, 0.717) is 5.56 Å². The number of hydrogen-bond acceptors (Lipinski definition) is 1. The van der Waals surface area contributed by atoms with Crippen LogP contribution in [0.2, 0.25) is 0 Å². The standard InChI is InChI=1S/C12H9BrN2/c1-9(13)8-15-5-4-11-3-2-10(7-14)6-12(11)15/h2-6H,1,8H2. The second-order valence-corrected chi connectivity index (χ2v) is 4.47. The molecule has 0 fully saturated rings. The Balaban J connectivity index is 2.57. The van der Waals surface area contributed by atoms with Gasteiger partial charge in [0.1, 0.15) is 0 Å². The van der Waals surface area contributed by atoms with Gasteiger partial charge < -0.3 is 4.57 Å². The van der Waals surface area contributed by atoms with Crippen molar-refractivity contribution < 1.29 is 0 Å². The summed E-state index contributed by atoms with van der Waals surface area (Å²) in [5.41, 5.74) is 1.75. The van der Waals surface area contributed by atoms with Crippen molar-refractivity contribution in [1.29, 1.82) is 5.26 Å². The number of nitriles is 1. The van der Waals surface area contributed by atoms with Crippen LogP contribution in [0.4, 0.5) is 0 Å². The van der Waals surface area contributed by atoms with Gasteiger partial charge in [-0.05, 0) is 23.6 Å². The van der Waals surface area contributed by atoms with Gasteiger partial charge in [0.2, 0.25) is 0 Å². The van der Waals surface area contributed by atoms with Crippen molar-refractivity contribution in [2.75, 3.05) is 0 Å². The van der Waals surface area contributed by atoms with Crippen LogP contribution in [-0.4, -0.2) is 4.57 Å². The van der Waals surface area contributed by atoms with Crippen molar-refractivity contribution in [3.05, 3.63) is 47.1 Å². The Morgan fingerprint density at radius 2 is 2.27 bits per heavy atom. The minimum Gasteiger partial charge on any atom is -0.343 e. The molecule has 15 heavy (non-hydrogen) atoms. The van der Waals surface area contributed by atoms with Gasteiger partial charge in [0.15, 0.2) is 0 Å². The molecule has 0 bridgehead atoms. The van der Waals surface area contributed by atoms with Gasteiger partial charge in [-0.25, -0.2) is 0 Å². The molecule has 0 atom stereocenters. The van der Waals surface area contributed by atoms with Crippen LogP contribution < -0.4 is 0 Å². The monoisotopic (exact) mass is 260 g/mol. The molecule has 3 heteroatoms. The highest BCUT2D eigenvalue weighted by Gasteiger charge is 2.02. The van der Waals surface area contributed by atoms with Gasteiger partial charge in [-0.15, -0.1) is 0 Å². The van der Waals surface area contributed by atoms with E-state index in [0.717, 1.165) is 21.9 Å². The van der Waals surface area contributed by atoms with E-state index in [9.17, 15) is 0 Å². The summed E-state index contributed by atoms with van der Waals surface area (Å²) in [4.78, 5) is 0. The van der Waals surface area contributed by atoms with Crippen LogP contribution in [0.1, 0.15) is 5.56 Å². The highest BCUT2D eigenvalue weighted by Crippen LogP contribution is 2.19. The molecule has 2 nitrogen and oxygen atoms in total. The molecule has 0 N–H and O–H groups in total. The van der Waals surface area contributed by atoms with E-state index in [4.69, 9.17) is 5.26 Å².